The van der Waals surface area contributed by atoms with Gasteiger partial charge in [-0.25, -0.2) is 9.18 Å². The number of aromatic nitrogens is 1. The zero-order valence-electron chi connectivity index (χ0n) is 14.1. The van der Waals surface area contributed by atoms with E-state index in [0.29, 0.717) is 22.5 Å². The Morgan fingerprint density at radius 3 is 2.68 bits per heavy atom. The maximum absolute atomic E-state index is 13.8. The number of rotatable bonds is 3. The van der Waals surface area contributed by atoms with Gasteiger partial charge in [-0.05, 0) is 30.3 Å². The first-order chi connectivity index (χ1) is 13.3. The number of alkyl halides is 3. The van der Waals surface area contributed by atoms with Gasteiger partial charge in [0.05, 0.1) is 11.1 Å². The number of pyridine rings is 1. The molecule has 142 valence electrons. The van der Waals surface area contributed by atoms with E-state index < -0.39 is 23.2 Å². The second-order valence-electron chi connectivity index (χ2n) is 6.06. The first-order valence-corrected chi connectivity index (χ1v) is 8.12. The lowest BCUT2D eigenvalue weighted by Crippen LogP contribution is -2.11. The number of hydrogen-bond acceptors (Lipinski definition) is 4. The van der Waals surface area contributed by atoms with Gasteiger partial charge in [0, 0.05) is 34.7 Å². The summed E-state index contributed by atoms with van der Waals surface area (Å²) >= 11 is 0. The lowest BCUT2D eigenvalue weighted by atomic mass is 10.1. The summed E-state index contributed by atoms with van der Waals surface area (Å²) in [5, 5.41) is 0.345. The van der Waals surface area contributed by atoms with Crippen molar-refractivity contribution in [3.05, 3.63) is 82.1 Å². The molecule has 0 aliphatic carbocycles. The molecule has 0 amide bonds. The Labute approximate surface area is 155 Å². The highest BCUT2D eigenvalue weighted by Gasteiger charge is 2.33. The molecule has 2 aromatic carbocycles. The second-order valence-corrected chi connectivity index (χ2v) is 6.06. The van der Waals surface area contributed by atoms with Crippen LogP contribution in [0, 0.1) is 5.82 Å². The molecule has 0 bridgehead atoms. The lowest BCUT2D eigenvalue weighted by molar-refractivity contribution is -0.136. The van der Waals surface area contributed by atoms with Gasteiger partial charge in [0.25, 0.3) is 0 Å². The number of nitrogens with zero attached hydrogens (tertiary/aromatic N) is 1. The monoisotopic (exact) mass is 389 g/mol. The van der Waals surface area contributed by atoms with Gasteiger partial charge in [-0.1, -0.05) is 6.07 Å². The number of hydrogen-bond donors (Lipinski definition) is 0. The standard InChI is InChI=1S/C20H11F4NO3/c21-13-6-11-2-1-5-25-19(11)12(7-13)10-27-14-3-4-15-16(20(22,23)24)9-18(26)28-17(15)8-14/h1-9H,10H2. The maximum atomic E-state index is 13.8. The highest BCUT2D eigenvalue weighted by atomic mass is 19.4. The van der Waals surface area contributed by atoms with Gasteiger partial charge in [0.2, 0.25) is 0 Å². The van der Waals surface area contributed by atoms with Crippen LogP contribution in [0.25, 0.3) is 21.9 Å². The molecule has 0 aliphatic rings. The number of halogens is 4. The third kappa shape index (κ3) is 3.40. The largest absolute Gasteiger partial charge is 0.489 e. The number of fused-ring (bicyclic) bond motifs is 2. The quantitative estimate of drug-likeness (QED) is 0.362. The van der Waals surface area contributed by atoms with Crippen molar-refractivity contribution in [2.24, 2.45) is 0 Å². The van der Waals surface area contributed by atoms with Crippen LogP contribution in [0.4, 0.5) is 17.6 Å². The van der Waals surface area contributed by atoms with Crippen LogP contribution in [0.2, 0.25) is 0 Å². The molecule has 4 nitrogen and oxygen atoms in total. The van der Waals surface area contributed by atoms with E-state index >= 15 is 0 Å². The van der Waals surface area contributed by atoms with Crippen molar-refractivity contribution >= 4 is 21.9 Å². The van der Waals surface area contributed by atoms with Gasteiger partial charge >= 0.3 is 11.8 Å². The first-order valence-electron chi connectivity index (χ1n) is 8.12. The van der Waals surface area contributed by atoms with Crippen molar-refractivity contribution in [2.45, 2.75) is 12.8 Å². The summed E-state index contributed by atoms with van der Waals surface area (Å²) < 4.78 is 63.5. The molecule has 4 rings (SSSR count). The Balaban J connectivity index is 1.69. The van der Waals surface area contributed by atoms with E-state index in [1.807, 2.05) is 0 Å². The molecular formula is C20H11F4NO3. The van der Waals surface area contributed by atoms with Crippen molar-refractivity contribution in [1.82, 2.24) is 4.98 Å². The van der Waals surface area contributed by atoms with Crippen LogP contribution >= 0.6 is 0 Å². The van der Waals surface area contributed by atoms with E-state index in [9.17, 15) is 22.4 Å². The zero-order chi connectivity index (χ0) is 19.9. The number of benzene rings is 2. The third-order valence-electron chi connectivity index (χ3n) is 4.16. The Morgan fingerprint density at radius 2 is 1.89 bits per heavy atom. The second kappa shape index (κ2) is 6.63. The fourth-order valence-electron chi connectivity index (χ4n) is 2.97. The molecule has 0 saturated carbocycles. The molecule has 0 aliphatic heterocycles. The molecule has 2 heterocycles. The first kappa shape index (κ1) is 18.0. The summed E-state index contributed by atoms with van der Waals surface area (Å²) in [6, 6.07) is 10.1. The van der Waals surface area contributed by atoms with Crippen LogP contribution < -0.4 is 10.4 Å². The normalized spacial score (nSPS) is 11.9. The Hall–Kier alpha value is -3.42. The summed E-state index contributed by atoms with van der Waals surface area (Å²) in [6.45, 7) is -0.0695. The molecule has 2 aromatic heterocycles. The van der Waals surface area contributed by atoms with Gasteiger partial charge in [-0.2, -0.15) is 13.2 Å². The predicted octanol–water partition coefficient (Wildman–Crippen LogP) is 5.08. The maximum Gasteiger partial charge on any atom is 0.417 e. The minimum atomic E-state index is -4.69. The molecule has 0 unspecified atom stereocenters. The van der Waals surface area contributed by atoms with Gasteiger partial charge in [-0.3, -0.25) is 4.98 Å². The average molecular weight is 389 g/mol. The smallest absolute Gasteiger partial charge is 0.417 e. The van der Waals surface area contributed by atoms with E-state index in [4.69, 9.17) is 9.15 Å². The minimum absolute atomic E-state index is 0.0695. The van der Waals surface area contributed by atoms with E-state index in [0.717, 1.165) is 0 Å². The van der Waals surface area contributed by atoms with Crippen molar-refractivity contribution in [2.75, 3.05) is 0 Å². The van der Waals surface area contributed by atoms with Crippen LogP contribution in [0.5, 0.6) is 5.75 Å². The molecule has 4 aromatic rings. The van der Waals surface area contributed by atoms with Crippen molar-refractivity contribution in [3.8, 4) is 5.75 Å². The van der Waals surface area contributed by atoms with E-state index in [-0.39, 0.29) is 23.3 Å². The van der Waals surface area contributed by atoms with Gasteiger partial charge < -0.3 is 9.15 Å². The molecule has 0 spiro atoms. The van der Waals surface area contributed by atoms with Gasteiger partial charge in [-0.15, -0.1) is 0 Å². The third-order valence-corrected chi connectivity index (χ3v) is 4.16. The highest BCUT2D eigenvalue weighted by molar-refractivity contribution is 5.83. The number of ether oxygens (including phenoxy) is 1. The summed E-state index contributed by atoms with van der Waals surface area (Å²) in [5.74, 6) is -0.290. The van der Waals surface area contributed by atoms with E-state index in [1.165, 1.54) is 30.3 Å². The van der Waals surface area contributed by atoms with Crippen LogP contribution in [0.3, 0.4) is 0 Å². The molecule has 28 heavy (non-hydrogen) atoms. The minimum Gasteiger partial charge on any atom is -0.489 e. The van der Waals surface area contributed by atoms with Crippen LogP contribution in [0.15, 0.2) is 63.9 Å². The molecule has 0 N–H and O–H groups in total. The van der Waals surface area contributed by atoms with Crippen LogP contribution in [0.1, 0.15) is 11.1 Å². The van der Waals surface area contributed by atoms with Gasteiger partial charge in [0.1, 0.15) is 23.8 Å². The molecule has 8 heteroatoms. The summed E-state index contributed by atoms with van der Waals surface area (Å²) in [4.78, 5) is 15.7. The zero-order valence-corrected chi connectivity index (χ0v) is 14.1. The molecule has 0 fully saturated rings. The highest BCUT2D eigenvalue weighted by Crippen LogP contribution is 2.35. The van der Waals surface area contributed by atoms with E-state index in [2.05, 4.69) is 4.98 Å². The Morgan fingerprint density at radius 1 is 1.07 bits per heavy atom. The average Bonchev–Trinajstić information content (AvgIpc) is 2.64. The lowest BCUT2D eigenvalue weighted by Gasteiger charge is -2.11. The van der Waals surface area contributed by atoms with Crippen LogP contribution in [-0.4, -0.2) is 4.98 Å². The topological polar surface area (TPSA) is 52.3 Å². The van der Waals surface area contributed by atoms with Crippen LogP contribution in [-0.2, 0) is 12.8 Å². The van der Waals surface area contributed by atoms with E-state index in [1.54, 1.807) is 18.3 Å². The molecular weight excluding hydrogens is 378 g/mol. The SMILES string of the molecule is O=c1cc(C(F)(F)F)c2ccc(OCc3cc(F)cc4cccnc34)cc2o1. The Bertz CT molecular complexity index is 1250. The molecule has 0 atom stereocenters. The van der Waals surface area contributed by atoms with Crippen molar-refractivity contribution < 1.29 is 26.7 Å². The van der Waals surface area contributed by atoms with Crippen molar-refractivity contribution in [3.63, 3.8) is 0 Å². The van der Waals surface area contributed by atoms with Crippen molar-refractivity contribution in [1.29, 1.82) is 0 Å². The summed E-state index contributed by atoms with van der Waals surface area (Å²) in [6.07, 6.45) is -3.13. The molecule has 0 saturated heterocycles. The predicted molar refractivity (Wildman–Crippen MR) is 93.5 cm³/mol. The Kier molecular flexibility index (Phi) is 4.26. The van der Waals surface area contributed by atoms with Gasteiger partial charge in [0.15, 0.2) is 0 Å². The molecule has 0 radical (unpaired) electrons. The fourth-order valence-corrected chi connectivity index (χ4v) is 2.97. The fraction of sp³-hybridized carbons (Fsp3) is 0.100. The summed E-state index contributed by atoms with van der Waals surface area (Å²) in [5.41, 5.74) is -1.42. The summed E-state index contributed by atoms with van der Waals surface area (Å²) in [7, 11) is 0.